The van der Waals surface area contributed by atoms with Crippen LogP contribution < -0.4 is 5.32 Å². The van der Waals surface area contributed by atoms with Crippen LogP contribution in [0.1, 0.15) is 48.0 Å². The molecule has 0 aliphatic carbocycles. The van der Waals surface area contributed by atoms with E-state index in [2.05, 4.69) is 10.3 Å². The summed E-state index contributed by atoms with van der Waals surface area (Å²) >= 11 is 6.08. The number of pyridine rings is 1. The second-order valence-electron chi connectivity index (χ2n) is 11.4. The van der Waals surface area contributed by atoms with Crippen LogP contribution in [0.4, 0.5) is 0 Å². The van der Waals surface area contributed by atoms with E-state index in [1.807, 2.05) is 77.7 Å². The lowest BCUT2D eigenvalue weighted by molar-refractivity contribution is -0.138. The maximum absolute atomic E-state index is 13.8. The molecule has 1 aromatic carbocycles. The fraction of sp³-hybridized carbons (Fsp3) is 0.345. The Balaban J connectivity index is 1.17. The van der Waals surface area contributed by atoms with Crippen LogP contribution in [0.5, 0.6) is 0 Å². The third-order valence-electron chi connectivity index (χ3n) is 7.75. The fourth-order valence-corrected chi connectivity index (χ4v) is 5.94. The number of carbonyl (C=O) groups is 3. The van der Waals surface area contributed by atoms with Crippen molar-refractivity contribution in [1.29, 1.82) is 0 Å². The summed E-state index contributed by atoms with van der Waals surface area (Å²) in [6, 6.07) is 14.1. The van der Waals surface area contributed by atoms with Gasteiger partial charge in [-0.15, -0.1) is 0 Å². The third-order valence-corrected chi connectivity index (χ3v) is 7.99. The van der Waals surface area contributed by atoms with Gasteiger partial charge in [0.1, 0.15) is 11.7 Å². The Kier molecular flexibility index (Phi) is 5.76. The van der Waals surface area contributed by atoms with E-state index in [-0.39, 0.29) is 29.8 Å². The molecule has 5 heterocycles. The Labute approximate surface area is 225 Å². The molecule has 8 nitrogen and oxygen atoms in total. The average Bonchev–Trinajstić information content (AvgIpc) is 3.66. The maximum Gasteiger partial charge on any atom is 0.268 e. The monoisotopic (exact) mass is 531 g/mol. The zero-order chi connectivity index (χ0) is 26.8. The first-order chi connectivity index (χ1) is 18.1. The topological polar surface area (TPSA) is 89.9 Å². The Morgan fingerprint density at radius 1 is 1.03 bits per heavy atom. The van der Waals surface area contributed by atoms with Crippen molar-refractivity contribution in [1.82, 2.24) is 24.5 Å². The number of rotatable bonds is 4. The second kappa shape index (κ2) is 8.91. The molecule has 6 rings (SSSR count). The molecule has 2 aliphatic heterocycles. The largest absolute Gasteiger partial charge is 0.350 e. The van der Waals surface area contributed by atoms with E-state index >= 15 is 0 Å². The van der Waals surface area contributed by atoms with Crippen molar-refractivity contribution in [3.63, 3.8) is 0 Å². The predicted molar refractivity (Wildman–Crippen MR) is 146 cm³/mol. The molecule has 0 unspecified atom stereocenters. The van der Waals surface area contributed by atoms with Crippen molar-refractivity contribution in [2.45, 2.75) is 45.3 Å². The molecule has 2 N–H and O–H groups in total. The number of aromatic nitrogens is 2. The smallest absolute Gasteiger partial charge is 0.268 e. The summed E-state index contributed by atoms with van der Waals surface area (Å²) in [5.74, 6) is -0.459. The first kappa shape index (κ1) is 24.6. The number of nitrogens with zero attached hydrogens (tertiary/aromatic N) is 3. The molecule has 2 aliphatic rings. The third kappa shape index (κ3) is 4.22. The highest BCUT2D eigenvalue weighted by Gasteiger charge is 2.50. The number of hydrogen-bond donors (Lipinski definition) is 2. The van der Waals surface area contributed by atoms with Crippen molar-refractivity contribution >= 4 is 45.7 Å². The molecule has 196 valence electrons. The molecule has 4 aromatic rings. The normalized spacial score (nSPS) is 19.9. The van der Waals surface area contributed by atoms with E-state index in [0.29, 0.717) is 29.4 Å². The highest BCUT2D eigenvalue weighted by atomic mass is 35.5. The van der Waals surface area contributed by atoms with Crippen LogP contribution in [-0.4, -0.2) is 68.1 Å². The summed E-state index contributed by atoms with van der Waals surface area (Å²) in [6.07, 6.45) is 4.53. The highest BCUT2D eigenvalue weighted by Crippen LogP contribution is 2.34. The number of halogens is 1. The summed E-state index contributed by atoms with van der Waals surface area (Å²) in [7, 11) is 0. The van der Waals surface area contributed by atoms with Gasteiger partial charge < -0.3 is 24.5 Å². The number of nitrogens with one attached hydrogen (secondary N) is 2. The average molecular weight is 532 g/mol. The zero-order valence-corrected chi connectivity index (χ0v) is 22.3. The number of H-pyrrole nitrogens is 1. The van der Waals surface area contributed by atoms with Crippen LogP contribution in [0.25, 0.3) is 16.4 Å². The Morgan fingerprint density at radius 3 is 2.50 bits per heavy atom. The molecule has 38 heavy (non-hydrogen) atoms. The van der Waals surface area contributed by atoms with Gasteiger partial charge in [0.15, 0.2) is 0 Å². The summed E-state index contributed by atoms with van der Waals surface area (Å²) in [6.45, 7) is 6.80. The Hall–Kier alpha value is -3.78. The highest BCUT2D eigenvalue weighted by molar-refractivity contribution is 6.31. The summed E-state index contributed by atoms with van der Waals surface area (Å²) in [4.78, 5) is 47.2. The van der Waals surface area contributed by atoms with Crippen LogP contribution in [0.3, 0.4) is 0 Å². The van der Waals surface area contributed by atoms with Gasteiger partial charge in [-0.3, -0.25) is 14.4 Å². The number of hydrogen-bond acceptors (Lipinski definition) is 3. The van der Waals surface area contributed by atoms with Gasteiger partial charge in [0.25, 0.3) is 11.8 Å². The van der Waals surface area contributed by atoms with Crippen molar-refractivity contribution in [3.8, 4) is 0 Å². The van der Waals surface area contributed by atoms with Gasteiger partial charge in [-0.1, -0.05) is 44.5 Å². The lowest BCUT2D eigenvalue weighted by atomic mass is 9.85. The Morgan fingerprint density at radius 2 is 1.79 bits per heavy atom. The molecule has 2 bridgehead atoms. The summed E-state index contributed by atoms with van der Waals surface area (Å²) < 4.78 is 1.94. The fourth-order valence-electron chi connectivity index (χ4n) is 5.77. The molecule has 2 fully saturated rings. The summed E-state index contributed by atoms with van der Waals surface area (Å²) in [5, 5.41) is 4.43. The van der Waals surface area contributed by atoms with E-state index in [0.717, 1.165) is 22.8 Å². The molecular formula is C29H30ClN5O3. The number of carbonyl (C=O) groups excluding carboxylic acids is 3. The predicted octanol–water partition coefficient (Wildman–Crippen LogP) is 4.34. The Bertz CT molecular complexity index is 1550. The minimum atomic E-state index is -0.717. The number of aromatic amines is 1. The summed E-state index contributed by atoms with van der Waals surface area (Å²) in [5.41, 5.74) is 2.26. The van der Waals surface area contributed by atoms with Gasteiger partial charge in [0.05, 0.1) is 17.6 Å². The second-order valence-corrected chi connectivity index (χ2v) is 11.9. The van der Waals surface area contributed by atoms with Gasteiger partial charge in [0.2, 0.25) is 5.91 Å². The lowest BCUT2D eigenvalue weighted by Gasteiger charge is -2.39. The van der Waals surface area contributed by atoms with Gasteiger partial charge >= 0.3 is 0 Å². The van der Waals surface area contributed by atoms with Gasteiger partial charge in [-0.25, -0.2) is 0 Å². The van der Waals surface area contributed by atoms with Crippen LogP contribution >= 0.6 is 11.6 Å². The van der Waals surface area contributed by atoms with Gasteiger partial charge in [-0.05, 0) is 48.2 Å². The molecule has 0 radical (unpaired) electrons. The van der Waals surface area contributed by atoms with Crippen LogP contribution in [0.15, 0.2) is 60.9 Å². The standard InChI is InChI=1S/C29H30ClN5O3/c1-29(2,3)25(32-26(36)24-11-17-7-8-19(30)12-23(17)31-24)28(38)35-16-21-13-22(35)15-34(21)27(37)18-10-20-6-4-5-9-33(20)14-18/h4-12,14,21-22,25,31H,13,15-16H2,1-3H3,(H,32,36)/t21-,22-,25+/m0/s1. The van der Waals surface area contributed by atoms with E-state index < -0.39 is 11.5 Å². The molecule has 3 amide bonds. The van der Waals surface area contributed by atoms with Crippen LogP contribution in [0.2, 0.25) is 5.02 Å². The van der Waals surface area contributed by atoms with E-state index in [9.17, 15) is 14.4 Å². The van der Waals surface area contributed by atoms with Crippen molar-refractivity contribution in [3.05, 3.63) is 77.2 Å². The quantitative estimate of drug-likeness (QED) is 0.410. The zero-order valence-electron chi connectivity index (χ0n) is 21.6. The SMILES string of the molecule is CC(C)(C)[C@H](NC(=O)c1cc2ccc(Cl)cc2[nH]1)C(=O)N1C[C@@H]2C[C@H]1CN2C(=O)c1cc2ccccn2c1. The minimum absolute atomic E-state index is 0.00659. The van der Waals surface area contributed by atoms with Gasteiger partial charge in [-0.2, -0.15) is 0 Å². The van der Waals surface area contributed by atoms with Crippen LogP contribution in [-0.2, 0) is 4.79 Å². The van der Waals surface area contributed by atoms with E-state index in [4.69, 9.17) is 11.6 Å². The molecule has 3 aromatic heterocycles. The van der Waals surface area contributed by atoms with Crippen molar-refractivity contribution < 1.29 is 14.4 Å². The van der Waals surface area contributed by atoms with E-state index in [1.54, 1.807) is 18.2 Å². The minimum Gasteiger partial charge on any atom is -0.350 e. The van der Waals surface area contributed by atoms with Crippen molar-refractivity contribution in [2.24, 2.45) is 5.41 Å². The number of fused-ring (bicyclic) bond motifs is 4. The van der Waals surface area contributed by atoms with Crippen molar-refractivity contribution in [2.75, 3.05) is 13.1 Å². The first-order valence-electron chi connectivity index (χ1n) is 12.9. The molecular weight excluding hydrogens is 502 g/mol. The number of likely N-dealkylation sites (tertiary alicyclic amines) is 2. The molecule has 3 atom stereocenters. The van der Waals surface area contributed by atoms with Gasteiger partial charge in [0, 0.05) is 46.9 Å². The molecule has 0 spiro atoms. The number of amides is 3. The molecule has 0 saturated carbocycles. The van der Waals surface area contributed by atoms with Crippen LogP contribution in [0, 0.1) is 5.41 Å². The number of benzene rings is 1. The maximum atomic E-state index is 13.8. The lowest BCUT2D eigenvalue weighted by Crippen LogP contribution is -2.59. The first-order valence-corrected chi connectivity index (χ1v) is 13.2. The molecule has 2 saturated heterocycles. The van der Waals surface area contributed by atoms with E-state index in [1.165, 1.54) is 0 Å². The molecule has 9 heteroatoms. The number of piperazine rings is 1.